The van der Waals surface area contributed by atoms with Gasteiger partial charge in [-0.1, -0.05) is 67.6 Å². The monoisotopic (exact) mass is 281 g/mol. The molecular formula is C19H23NO. The summed E-state index contributed by atoms with van der Waals surface area (Å²) < 4.78 is 0. The highest BCUT2D eigenvalue weighted by molar-refractivity contribution is 5.25. The molecule has 1 aliphatic heterocycles. The Labute approximate surface area is 127 Å². The van der Waals surface area contributed by atoms with Crippen molar-refractivity contribution >= 4 is 0 Å². The molecule has 0 radical (unpaired) electrons. The molecular weight excluding hydrogens is 258 g/mol. The van der Waals surface area contributed by atoms with Crippen LogP contribution in [0.3, 0.4) is 0 Å². The third-order valence-electron chi connectivity index (χ3n) is 4.83. The number of hydrogen-bond acceptors (Lipinski definition) is 2. The number of nitrogens with zero attached hydrogens (tertiary/aromatic N) is 1. The minimum Gasteiger partial charge on any atom is -0.393 e. The van der Waals surface area contributed by atoms with Crippen LogP contribution in [0.2, 0.25) is 0 Å². The number of hydrogen-bond donors (Lipinski definition) is 1. The molecule has 0 aromatic heterocycles. The number of aliphatic hydroxyl groups excluding tert-OH is 1. The fourth-order valence-corrected chi connectivity index (χ4v) is 3.62. The Bertz CT molecular complexity index is 569. The zero-order chi connectivity index (χ0) is 14.8. The Balaban J connectivity index is 1.96. The summed E-state index contributed by atoms with van der Waals surface area (Å²) >= 11 is 0. The molecule has 1 saturated heterocycles. The van der Waals surface area contributed by atoms with Crippen LogP contribution in [0.4, 0.5) is 0 Å². The molecule has 2 heteroatoms. The van der Waals surface area contributed by atoms with E-state index >= 15 is 0 Å². The molecule has 3 rings (SSSR count). The Hall–Kier alpha value is -1.64. The molecule has 0 spiro atoms. The van der Waals surface area contributed by atoms with E-state index in [1.54, 1.807) is 0 Å². The van der Waals surface area contributed by atoms with Crippen LogP contribution >= 0.6 is 0 Å². The van der Waals surface area contributed by atoms with Crippen molar-refractivity contribution < 1.29 is 5.11 Å². The fraction of sp³-hybridized carbons (Fsp3) is 0.368. The molecule has 21 heavy (non-hydrogen) atoms. The zero-order valence-electron chi connectivity index (χ0n) is 12.7. The standard InChI is InChI=1S/C19H23NO/c1-14-18(21)13-17(15-9-5-3-6-10-15)20(2)19(14)16-11-7-4-8-12-16/h3-12,14,17-19,21H,13H2,1-2H3/t14-,17+,18-,19+/m1/s1. The molecule has 0 saturated carbocycles. The summed E-state index contributed by atoms with van der Waals surface area (Å²) in [5.74, 6) is 0.234. The van der Waals surface area contributed by atoms with Crippen molar-refractivity contribution in [2.45, 2.75) is 31.5 Å². The third-order valence-corrected chi connectivity index (χ3v) is 4.83. The van der Waals surface area contributed by atoms with Gasteiger partial charge in [0, 0.05) is 18.0 Å². The van der Waals surface area contributed by atoms with Gasteiger partial charge in [0.1, 0.15) is 0 Å². The average Bonchev–Trinajstić information content (AvgIpc) is 2.53. The van der Waals surface area contributed by atoms with Gasteiger partial charge in [0.25, 0.3) is 0 Å². The Morgan fingerprint density at radius 1 is 0.905 bits per heavy atom. The van der Waals surface area contributed by atoms with Crippen LogP contribution in [-0.4, -0.2) is 23.2 Å². The first-order chi connectivity index (χ1) is 10.2. The summed E-state index contributed by atoms with van der Waals surface area (Å²) in [6.45, 7) is 2.15. The summed E-state index contributed by atoms with van der Waals surface area (Å²) in [5.41, 5.74) is 2.57. The van der Waals surface area contributed by atoms with Crippen molar-refractivity contribution in [1.29, 1.82) is 0 Å². The highest BCUT2D eigenvalue weighted by atomic mass is 16.3. The lowest BCUT2D eigenvalue weighted by molar-refractivity contribution is -0.0328. The van der Waals surface area contributed by atoms with E-state index < -0.39 is 0 Å². The predicted molar refractivity (Wildman–Crippen MR) is 85.9 cm³/mol. The molecule has 0 bridgehead atoms. The predicted octanol–water partition coefficient (Wildman–Crippen LogP) is 3.80. The van der Waals surface area contributed by atoms with Gasteiger partial charge in [-0.15, -0.1) is 0 Å². The van der Waals surface area contributed by atoms with E-state index in [4.69, 9.17) is 0 Å². The van der Waals surface area contributed by atoms with Gasteiger partial charge in [0.05, 0.1) is 6.10 Å². The summed E-state index contributed by atoms with van der Waals surface area (Å²) in [7, 11) is 2.18. The van der Waals surface area contributed by atoms with Crippen LogP contribution in [-0.2, 0) is 0 Å². The topological polar surface area (TPSA) is 23.5 Å². The smallest absolute Gasteiger partial charge is 0.0602 e. The number of aliphatic hydroxyl groups is 1. The molecule has 0 unspecified atom stereocenters. The lowest BCUT2D eigenvalue weighted by atomic mass is 9.79. The minimum absolute atomic E-state index is 0.234. The second kappa shape index (κ2) is 6.00. The quantitative estimate of drug-likeness (QED) is 0.905. The lowest BCUT2D eigenvalue weighted by Gasteiger charge is -2.46. The van der Waals surface area contributed by atoms with Gasteiger partial charge >= 0.3 is 0 Å². The maximum Gasteiger partial charge on any atom is 0.0602 e. The van der Waals surface area contributed by atoms with Crippen LogP contribution in [0.25, 0.3) is 0 Å². The first-order valence-electron chi connectivity index (χ1n) is 7.68. The van der Waals surface area contributed by atoms with E-state index in [0.29, 0.717) is 0 Å². The lowest BCUT2D eigenvalue weighted by Crippen LogP contribution is -2.44. The van der Waals surface area contributed by atoms with Gasteiger partial charge in [-0.25, -0.2) is 0 Å². The van der Waals surface area contributed by atoms with Gasteiger partial charge in [-0.05, 0) is 24.6 Å². The van der Waals surface area contributed by atoms with E-state index in [-0.39, 0.29) is 24.1 Å². The fourth-order valence-electron chi connectivity index (χ4n) is 3.62. The maximum atomic E-state index is 10.5. The van der Waals surface area contributed by atoms with Crippen molar-refractivity contribution in [3.8, 4) is 0 Å². The normalized spacial score (nSPS) is 30.2. The summed E-state index contributed by atoms with van der Waals surface area (Å²) in [6.07, 6.45) is 0.530. The van der Waals surface area contributed by atoms with E-state index in [1.807, 2.05) is 12.1 Å². The van der Waals surface area contributed by atoms with E-state index in [2.05, 4.69) is 67.4 Å². The SMILES string of the molecule is C[C@@H]1[C@H](O)C[C@@H](c2ccccc2)N(C)[C@@H]1c1ccccc1. The molecule has 4 atom stereocenters. The van der Waals surface area contributed by atoms with Gasteiger partial charge < -0.3 is 5.11 Å². The van der Waals surface area contributed by atoms with Crippen molar-refractivity contribution in [2.75, 3.05) is 7.05 Å². The average molecular weight is 281 g/mol. The van der Waals surface area contributed by atoms with E-state index in [9.17, 15) is 5.11 Å². The van der Waals surface area contributed by atoms with Crippen LogP contribution in [0.15, 0.2) is 60.7 Å². The number of rotatable bonds is 2. The largest absolute Gasteiger partial charge is 0.393 e. The summed E-state index contributed by atoms with van der Waals surface area (Å²) in [5, 5.41) is 10.5. The Morgan fingerprint density at radius 3 is 2.00 bits per heavy atom. The van der Waals surface area contributed by atoms with Crippen LogP contribution in [0.1, 0.15) is 36.6 Å². The highest BCUT2D eigenvalue weighted by Gasteiger charge is 2.39. The summed E-state index contributed by atoms with van der Waals surface area (Å²) in [6, 6.07) is 21.6. The molecule has 1 fully saturated rings. The maximum absolute atomic E-state index is 10.5. The van der Waals surface area contributed by atoms with Gasteiger partial charge in [-0.3, -0.25) is 4.90 Å². The summed E-state index contributed by atoms with van der Waals surface area (Å²) in [4.78, 5) is 2.42. The molecule has 1 heterocycles. The molecule has 0 amide bonds. The molecule has 2 aromatic carbocycles. The number of benzene rings is 2. The molecule has 0 aliphatic carbocycles. The number of likely N-dealkylation sites (tertiary alicyclic amines) is 1. The first kappa shape index (κ1) is 14.3. The molecule has 1 aliphatic rings. The van der Waals surface area contributed by atoms with Crippen molar-refractivity contribution in [3.63, 3.8) is 0 Å². The van der Waals surface area contributed by atoms with Crippen molar-refractivity contribution in [1.82, 2.24) is 4.90 Å². The van der Waals surface area contributed by atoms with Gasteiger partial charge in [0.15, 0.2) is 0 Å². The first-order valence-corrected chi connectivity index (χ1v) is 7.68. The van der Waals surface area contributed by atoms with Gasteiger partial charge in [-0.2, -0.15) is 0 Å². The molecule has 2 nitrogen and oxygen atoms in total. The second-order valence-electron chi connectivity index (χ2n) is 6.11. The van der Waals surface area contributed by atoms with Gasteiger partial charge in [0.2, 0.25) is 0 Å². The zero-order valence-corrected chi connectivity index (χ0v) is 12.7. The van der Waals surface area contributed by atoms with E-state index in [1.165, 1.54) is 11.1 Å². The Kier molecular flexibility index (Phi) is 4.09. The molecule has 2 aromatic rings. The Morgan fingerprint density at radius 2 is 1.43 bits per heavy atom. The van der Waals surface area contributed by atoms with Crippen molar-refractivity contribution in [3.05, 3.63) is 71.8 Å². The minimum atomic E-state index is -0.267. The third kappa shape index (κ3) is 2.74. The van der Waals surface area contributed by atoms with Crippen LogP contribution in [0.5, 0.6) is 0 Å². The molecule has 110 valence electrons. The van der Waals surface area contributed by atoms with E-state index in [0.717, 1.165) is 6.42 Å². The van der Waals surface area contributed by atoms with Crippen LogP contribution in [0, 0.1) is 5.92 Å². The highest BCUT2D eigenvalue weighted by Crippen LogP contribution is 2.43. The van der Waals surface area contributed by atoms with Crippen molar-refractivity contribution in [2.24, 2.45) is 5.92 Å². The number of piperidine rings is 1. The second-order valence-corrected chi connectivity index (χ2v) is 6.11. The molecule has 1 N–H and O–H groups in total. The van der Waals surface area contributed by atoms with Crippen LogP contribution < -0.4 is 0 Å².